The molecule has 0 atom stereocenters. The molecule has 0 aliphatic heterocycles. The molecule has 0 saturated heterocycles. The van der Waals surface area contributed by atoms with Crippen LogP contribution in [0.15, 0.2) is 30.3 Å². The fraction of sp³-hybridized carbons (Fsp3) is 0.412. The molecule has 1 heterocycles. The van der Waals surface area contributed by atoms with E-state index in [0.717, 1.165) is 29.9 Å². The summed E-state index contributed by atoms with van der Waals surface area (Å²) in [6.07, 6.45) is 2.06. The summed E-state index contributed by atoms with van der Waals surface area (Å²) in [5.74, 6) is 1.65. The monoisotopic (exact) mass is 305 g/mol. The van der Waals surface area contributed by atoms with Crippen LogP contribution in [0.2, 0.25) is 0 Å². The molecule has 0 aliphatic rings. The van der Waals surface area contributed by atoms with Crippen LogP contribution in [0, 0.1) is 0 Å². The van der Waals surface area contributed by atoms with Crippen molar-refractivity contribution in [2.45, 2.75) is 39.8 Å². The van der Waals surface area contributed by atoms with Gasteiger partial charge in [0.25, 0.3) is 0 Å². The molecule has 0 aliphatic carbocycles. The Hall–Kier alpha value is -1.52. The van der Waals surface area contributed by atoms with Crippen molar-refractivity contribution in [1.82, 2.24) is 0 Å². The first kappa shape index (κ1) is 15.9. The van der Waals surface area contributed by atoms with E-state index in [9.17, 15) is 0 Å². The van der Waals surface area contributed by atoms with Gasteiger partial charge in [-0.15, -0.1) is 11.3 Å². The molecule has 21 heavy (non-hydrogen) atoms. The second kappa shape index (κ2) is 8.05. The third-order valence-electron chi connectivity index (χ3n) is 3.17. The van der Waals surface area contributed by atoms with E-state index in [2.05, 4.69) is 26.0 Å². The van der Waals surface area contributed by atoms with E-state index in [-0.39, 0.29) is 0 Å². The van der Waals surface area contributed by atoms with Crippen molar-refractivity contribution in [2.24, 2.45) is 5.73 Å². The van der Waals surface area contributed by atoms with Gasteiger partial charge >= 0.3 is 0 Å². The number of nitrogens with two attached hydrogens (primary N) is 1. The molecule has 2 rings (SSSR count). The fourth-order valence-electron chi connectivity index (χ4n) is 1.99. The van der Waals surface area contributed by atoms with Crippen LogP contribution in [0.3, 0.4) is 0 Å². The van der Waals surface area contributed by atoms with Crippen LogP contribution in [0.25, 0.3) is 0 Å². The van der Waals surface area contributed by atoms with Crippen molar-refractivity contribution in [2.75, 3.05) is 6.61 Å². The molecule has 0 saturated carbocycles. The zero-order chi connectivity index (χ0) is 15.1. The summed E-state index contributed by atoms with van der Waals surface area (Å²) < 4.78 is 11.6. The zero-order valence-corrected chi connectivity index (χ0v) is 13.5. The standard InChI is InChI=1S/C17H23NO2S/c1-3-9-19-14-6-5-13(11-18)17(10-14)20-12-16-8-7-15(4-2)21-16/h5-8,10H,3-4,9,11-12,18H2,1-2H3. The Kier molecular flexibility index (Phi) is 6.08. The molecule has 2 N–H and O–H groups in total. The van der Waals surface area contributed by atoms with Crippen molar-refractivity contribution < 1.29 is 9.47 Å². The minimum atomic E-state index is 0.466. The SMILES string of the molecule is CCCOc1ccc(CN)c(OCc2ccc(CC)s2)c1. The average molecular weight is 305 g/mol. The number of rotatable bonds is 8. The summed E-state index contributed by atoms with van der Waals surface area (Å²) in [5.41, 5.74) is 6.78. The number of benzene rings is 1. The lowest BCUT2D eigenvalue weighted by atomic mass is 10.2. The minimum Gasteiger partial charge on any atom is -0.493 e. The quantitative estimate of drug-likeness (QED) is 0.797. The molecule has 0 radical (unpaired) electrons. The summed E-state index contributed by atoms with van der Waals surface area (Å²) in [4.78, 5) is 2.61. The van der Waals surface area contributed by atoms with Gasteiger partial charge in [0.05, 0.1) is 6.61 Å². The van der Waals surface area contributed by atoms with Gasteiger partial charge in [-0.2, -0.15) is 0 Å². The smallest absolute Gasteiger partial charge is 0.128 e. The second-order valence-corrected chi connectivity index (χ2v) is 6.09. The van der Waals surface area contributed by atoms with Crippen LogP contribution in [0.5, 0.6) is 11.5 Å². The molecule has 3 nitrogen and oxygen atoms in total. The molecule has 0 fully saturated rings. The molecule has 1 aromatic carbocycles. The minimum absolute atomic E-state index is 0.466. The van der Waals surface area contributed by atoms with Crippen molar-refractivity contribution in [3.8, 4) is 11.5 Å². The van der Waals surface area contributed by atoms with Gasteiger partial charge < -0.3 is 15.2 Å². The maximum Gasteiger partial charge on any atom is 0.128 e. The topological polar surface area (TPSA) is 44.5 Å². The number of aryl methyl sites for hydroxylation is 1. The van der Waals surface area contributed by atoms with Crippen LogP contribution in [-0.4, -0.2) is 6.61 Å². The van der Waals surface area contributed by atoms with E-state index in [1.807, 2.05) is 18.2 Å². The fourth-order valence-corrected chi connectivity index (χ4v) is 2.86. The lowest BCUT2D eigenvalue weighted by Crippen LogP contribution is -2.03. The highest BCUT2D eigenvalue weighted by Crippen LogP contribution is 2.27. The van der Waals surface area contributed by atoms with Crippen molar-refractivity contribution in [3.63, 3.8) is 0 Å². The Bertz CT molecular complexity index is 566. The van der Waals surface area contributed by atoms with Gasteiger partial charge in [-0.1, -0.05) is 19.9 Å². The number of hydrogen-bond acceptors (Lipinski definition) is 4. The zero-order valence-electron chi connectivity index (χ0n) is 12.7. The first-order valence-electron chi connectivity index (χ1n) is 7.43. The van der Waals surface area contributed by atoms with E-state index >= 15 is 0 Å². The van der Waals surface area contributed by atoms with Gasteiger partial charge in [-0.3, -0.25) is 0 Å². The van der Waals surface area contributed by atoms with Crippen LogP contribution in [0.1, 0.15) is 35.6 Å². The Balaban J connectivity index is 2.05. The van der Waals surface area contributed by atoms with Gasteiger partial charge in [-0.05, 0) is 31.0 Å². The largest absolute Gasteiger partial charge is 0.493 e. The van der Waals surface area contributed by atoms with Crippen LogP contribution in [-0.2, 0) is 19.6 Å². The van der Waals surface area contributed by atoms with E-state index < -0.39 is 0 Å². The lowest BCUT2D eigenvalue weighted by Gasteiger charge is -2.12. The van der Waals surface area contributed by atoms with Gasteiger partial charge in [0.1, 0.15) is 18.1 Å². The van der Waals surface area contributed by atoms with E-state index in [4.69, 9.17) is 15.2 Å². The number of ether oxygens (including phenoxy) is 2. The predicted octanol–water partition coefficient (Wildman–Crippen LogP) is 4.14. The van der Waals surface area contributed by atoms with Crippen LogP contribution >= 0.6 is 11.3 Å². The summed E-state index contributed by atoms with van der Waals surface area (Å²) in [7, 11) is 0. The highest BCUT2D eigenvalue weighted by molar-refractivity contribution is 7.11. The third-order valence-corrected chi connectivity index (χ3v) is 4.37. The molecule has 4 heteroatoms. The third kappa shape index (κ3) is 4.48. The molecule has 114 valence electrons. The number of hydrogen-bond donors (Lipinski definition) is 1. The Morgan fingerprint density at radius 1 is 1.05 bits per heavy atom. The summed E-state index contributed by atoms with van der Waals surface area (Å²) in [5, 5.41) is 0. The molecule has 0 spiro atoms. The summed E-state index contributed by atoms with van der Waals surface area (Å²) >= 11 is 1.80. The highest BCUT2D eigenvalue weighted by Gasteiger charge is 2.07. The summed E-state index contributed by atoms with van der Waals surface area (Å²) in [6.45, 7) is 6.01. The Morgan fingerprint density at radius 3 is 2.52 bits per heavy atom. The van der Waals surface area contributed by atoms with E-state index in [1.54, 1.807) is 11.3 Å². The average Bonchev–Trinajstić information content (AvgIpc) is 2.99. The molecular weight excluding hydrogens is 282 g/mol. The highest BCUT2D eigenvalue weighted by atomic mass is 32.1. The molecule has 0 amide bonds. The number of thiophene rings is 1. The first-order chi connectivity index (χ1) is 10.3. The molecule has 1 aromatic heterocycles. The van der Waals surface area contributed by atoms with Crippen molar-refractivity contribution >= 4 is 11.3 Å². The van der Waals surface area contributed by atoms with Gasteiger partial charge in [-0.25, -0.2) is 0 Å². The van der Waals surface area contributed by atoms with Gasteiger partial charge in [0.2, 0.25) is 0 Å². The predicted molar refractivity (Wildman–Crippen MR) is 88.1 cm³/mol. The maximum atomic E-state index is 5.94. The van der Waals surface area contributed by atoms with Crippen LogP contribution in [0.4, 0.5) is 0 Å². The molecule has 2 aromatic rings. The van der Waals surface area contributed by atoms with Crippen molar-refractivity contribution in [3.05, 3.63) is 45.6 Å². The van der Waals surface area contributed by atoms with Gasteiger partial charge in [0, 0.05) is 27.9 Å². The lowest BCUT2D eigenvalue weighted by molar-refractivity contribution is 0.294. The second-order valence-electron chi connectivity index (χ2n) is 4.83. The van der Waals surface area contributed by atoms with E-state index in [0.29, 0.717) is 19.8 Å². The molecule has 0 unspecified atom stereocenters. The van der Waals surface area contributed by atoms with E-state index in [1.165, 1.54) is 9.75 Å². The van der Waals surface area contributed by atoms with Gasteiger partial charge in [0.15, 0.2) is 0 Å². The Morgan fingerprint density at radius 2 is 1.86 bits per heavy atom. The summed E-state index contributed by atoms with van der Waals surface area (Å²) in [6, 6.07) is 10.2. The normalized spacial score (nSPS) is 10.6. The molecule has 0 bridgehead atoms. The maximum absolute atomic E-state index is 5.94. The van der Waals surface area contributed by atoms with Crippen LogP contribution < -0.4 is 15.2 Å². The molecular formula is C17H23NO2S. The van der Waals surface area contributed by atoms with Crippen molar-refractivity contribution in [1.29, 1.82) is 0 Å². The first-order valence-corrected chi connectivity index (χ1v) is 8.24. The Labute approximate surface area is 130 Å².